The first-order chi connectivity index (χ1) is 15.5. The van der Waals surface area contributed by atoms with E-state index in [0.717, 1.165) is 16.7 Å². The predicted octanol–water partition coefficient (Wildman–Crippen LogP) is 4.69. The highest BCUT2D eigenvalue weighted by molar-refractivity contribution is 8.15. The number of amides is 1. The molecule has 0 atom stereocenters. The second kappa shape index (κ2) is 10.2. The fraction of sp³-hybridized carbons (Fsp3) is 0.125. The molecular formula is C24H19F2N3O2S. The van der Waals surface area contributed by atoms with Crippen LogP contribution in [-0.4, -0.2) is 23.0 Å². The van der Waals surface area contributed by atoms with Crippen LogP contribution >= 0.6 is 11.8 Å². The highest BCUT2D eigenvalue weighted by atomic mass is 32.2. The predicted molar refractivity (Wildman–Crippen MR) is 122 cm³/mol. The molecular weight excluding hydrogens is 432 g/mol. The van der Waals surface area contributed by atoms with Gasteiger partial charge in [0.1, 0.15) is 24.0 Å². The Morgan fingerprint density at radius 1 is 1.00 bits per heavy atom. The van der Waals surface area contributed by atoms with Crippen LogP contribution in [0.5, 0.6) is 5.75 Å². The minimum Gasteiger partial charge on any atom is -0.489 e. The molecule has 1 N–H and O–H groups in total. The Hall–Kier alpha value is -3.52. The van der Waals surface area contributed by atoms with Crippen molar-refractivity contribution in [3.05, 3.63) is 101 Å². The van der Waals surface area contributed by atoms with E-state index in [4.69, 9.17) is 4.74 Å². The highest BCUT2D eigenvalue weighted by Crippen LogP contribution is 2.25. The number of ether oxygens (including phenoxy) is 1. The molecule has 1 aliphatic heterocycles. The van der Waals surface area contributed by atoms with Crippen molar-refractivity contribution in [3.8, 4) is 5.75 Å². The van der Waals surface area contributed by atoms with Crippen LogP contribution in [-0.2, 0) is 17.8 Å². The van der Waals surface area contributed by atoms with Gasteiger partial charge in [-0.25, -0.2) is 8.78 Å². The van der Waals surface area contributed by atoms with Gasteiger partial charge in [-0.2, -0.15) is 5.10 Å². The summed E-state index contributed by atoms with van der Waals surface area (Å²) in [6.45, 7) is 0.200. The largest absolute Gasteiger partial charge is 0.489 e. The molecule has 3 aromatic rings. The maximum atomic E-state index is 13.7. The third-order valence-corrected chi connectivity index (χ3v) is 5.46. The van der Waals surface area contributed by atoms with Gasteiger partial charge in [-0.15, -0.1) is 5.10 Å². The summed E-state index contributed by atoms with van der Waals surface area (Å²) >= 11 is 1.29. The number of hydrogen-bond acceptors (Lipinski definition) is 5. The summed E-state index contributed by atoms with van der Waals surface area (Å²) < 4.78 is 33.1. The second-order valence-electron chi connectivity index (χ2n) is 7.08. The number of benzene rings is 3. The third kappa shape index (κ3) is 6.01. The van der Waals surface area contributed by atoms with Crippen LogP contribution in [0.3, 0.4) is 0 Å². The first-order valence-electron chi connectivity index (χ1n) is 9.83. The molecule has 1 heterocycles. The molecule has 0 aliphatic carbocycles. The van der Waals surface area contributed by atoms with E-state index in [2.05, 4.69) is 15.5 Å². The lowest BCUT2D eigenvalue weighted by Crippen LogP contribution is -2.19. The number of hydrogen-bond donors (Lipinski definition) is 1. The molecule has 4 rings (SSSR count). The van der Waals surface area contributed by atoms with E-state index in [1.165, 1.54) is 36.0 Å². The number of halogens is 2. The van der Waals surface area contributed by atoms with Gasteiger partial charge in [-0.1, -0.05) is 36.0 Å². The number of nitrogens with one attached hydrogen (secondary N) is 1. The Morgan fingerprint density at radius 2 is 1.75 bits per heavy atom. The lowest BCUT2D eigenvalue weighted by molar-refractivity contribution is -0.116. The van der Waals surface area contributed by atoms with E-state index < -0.39 is 0 Å². The van der Waals surface area contributed by atoms with E-state index in [1.807, 2.05) is 18.2 Å². The number of amidine groups is 1. The lowest BCUT2D eigenvalue weighted by Gasteiger charge is -2.13. The Kier molecular flexibility index (Phi) is 6.91. The summed E-state index contributed by atoms with van der Waals surface area (Å²) in [6, 6.07) is 18.1. The van der Waals surface area contributed by atoms with Crippen LogP contribution in [0.4, 0.5) is 8.78 Å². The van der Waals surface area contributed by atoms with Gasteiger partial charge in [0.15, 0.2) is 5.17 Å². The summed E-state index contributed by atoms with van der Waals surface area (Å²) in [5.41, 5.74) is 3.10. The van der Waals surface area contributed by atoms with Crippen LogP contribution in [0.1, 0.15) is 22.3 Å². The minimum absolute atomic E-state index is 0.0962. The minimum atomic E-state index is -0.323. The molecule has 1 fully saturated rings. The summed E-state index contributed by atoms with van der Waals surface area (Å²) in [5, 5.41) is 11.1. The molecule has 32 heavy (non-hydrogen) atoms. The highest BCUT2D eigenvalue weighted by Gasteiger charge is 2.16. The monoisotopic (exact) mass is 451 g/mol. The molecule has 0 saturated carbocycles. The first-order valence-corrected chi connectivity index (χ1v) is 10.8. The zero-order chi connectivity index (χ0) is 22.3. The lowest BCUT2D eigenvalue weighted by atomic mass is 10.0. The van der Waals surface area contributed by atoms with E-state index in [1.54, 1.807) is 30.5 Å². The summed E-state index contributed by atoms with van der Waals surface area (Å²) in [5.74, 6) is 0.218. The molecule has 0 aromatic heterocycles. The van der Waals surface area contributed by atoms with Gasteiger partial charge in [-0.3, -0.25) is 4.79 Å². The van der Waals surface area contributed by atoms with Crippen molar-refractivity contribution < 1.29 is 18.3 Å². The van der Waals surface area contributed by atoms with Gasteiger partial charge in [0.25, 0.3) is 0 Å². The van der Waals surface area contributed by atoms with Gasteiger partial charge in [-0.05, 0) is 64.7 Å². The maximum Gasteiger partial charge on any atom is 0.236 e. The molecule has 162 valence electrons. The smallest absolute Gasteiger partial charge is 0.236 e. The second-order valence-corrected chi connectivity index (χ2v) is 8.04. The summed E-state index contributed by atoms with van der Waals surface area (Å²) in [6.07, 6.45) is 2.02. The standard InChI is InChI=1S/C24H19F2N3O2S/c25-20-5-1-3-16(11-20)9-19-10-17(13-27-29-24-28-23(30)15-32-24)7-8-22(19)31-14-18-4-2-6-21(26)12-18/h1-8,10-13H,9,14-15H2,(H,28,29,30). The van der Waals surface area contributed by atoms with Crippen molar-refractivity contribution in [1.82, 2.24) is 5.32 Å². The molecule has 1 aliphatic rings. The Morgan fingerprint density at radius 3 is 2.47 bits per heavy atom. The van der Waals surface area contributed by atoms with Crippen LogP contribution in [0.15, 0.2) is 76.9 Å². The first kappa shape index (κ1) is 21.7. The normalized spacial score (nSPS) is 14.8. The summed E-state index contributed by atoms with van der Waals surface area (Å²) in [7, 11) is 0. The van der Waals surface area contributed by atoms with Crippen molar-refractivity contribution in [2.45, 2.75) is 13.0 Å². The fourth-order valence-electron chi connectivity index (χ4n) is 3.14. The van der Waals surface area contributed by atoms with E-state index in [0.29, 0.717) is 28.7 Å². The van der Waals surface area contributed by atoms with Crippen molar-refractivity contribution in [2.24, 2.45) is 10.2 Å². The van der Waals surface area contributed by atoms with Gasteiger partial charge < -0.3 is 10.1 Å². The number of nitrogens with zero attached hydrogens (tertiary/aromatic N) is 2. The molecule has 0 bridgehead atoms. The Labute approximate surface area is 188 Å². The van der Waals surface area contributed by atoms with Crippen LogP contribution in [0.2, 0.25) is 0 Å². The van der Waals surface area contributed by atoms with Crippen LogP contribution < -0.4 is 10.1 Å². The molecule has 0 radical (unpaired) electrons. The number of thioether (sulfide) groups is 1. The molecule has 8 heteroatoms. The average Bonchev–Trinajstić information content (AvgIpc) is 3.18. The van der Waals surface area contributed by atoms with Gasteiger partial charge in [0, 0.05) is 6.42 Å². The van der Waals surface area contributed by atoms with E-state index >= 15 is 0 Å². The molecule has 3 aromatic carbocycles. The number of rotatable bonds is 7. The fourth-order valence-corrected chi connectivity index (χ4v) is 3.77. The molecule has 5 nitrogen and oxygen atoms in total. The zero-order valence-electron chi connectivity index (χ0n) is 16.9. The molecule has 0 unspecified atom stereocenters. The van der Waals surface area contributed by atoms with Crippen molar-refractivity contribution >= 4 is 29.1 Å². The van der Waals surface area contributed by atoms with Gasteiger partial charge in [0.2, 0.25) is 5.91 Å². The summed E-state index contributed by atoms with van der Waals surface area (Å²) in [4.78, 5) is 11.2. The van der Waals surface area contributed by atoms with Crippen molar-refractivity contribution in [1.29, 1.82) is 0 Å². The van der Waals surface area contributed by atoms with Crippen molar-refractivity contribution in [3.63, 3.8) is 0 Å². The van der Waals surface area contributed by atoms with Crippen LogP contribution in [0.25, 0.3) is 0 Å². The topological polar surface area (TPSA) is 63.0 Å². The number of carbonyl (C=O) groups is 1. The van der Waals surface area contributed by atoms with Gasteiger partial charge >= 0.3 is 0 Å². The van der Waals surface area contributed by atoms with Gasteiger partial charge in [0.05, 0.1) is 12.0 Å². The van der Waals surface area contributed by atoms with E-state index in [-0.39, 0.29) is 24.1 Å². The average molecular weight is 451 g/mol. The Bertz CT molecular complexity index is 1200. The third-order valence-electron chi connectivity index (χ3n) is 4.59. The quantitative estimate of drug-likeness (QED) is 0.419. The Balaban J connectivity index is 1.56. The molecule has 1 saturated heterocycles. The molecule has 0 spiro atoms. The zero-order valence-corrected chi connectivity index (χ0v) is 17.7. The molecule has 1 amide bonds. The maximum absolute atomic E-state index is 13.7. The number of carbonyl (C=O) groups excluding carboxylic acids is 1. The van der Waals surface area contributed by atoms with Crippen molar-refractivity contribution in [2.75, 3.05) is 5.75 Å². The van der Waals surface area contributed by atoms with Crippen LogP contribution in [0, 0.1) is 11.6 Å². The SMILES string of the molecule is O=C1CSC(=NN=Cc2ccc(OCc3cccc(F)c3)c(Cc3cccc(F)c3)c2)N1. The van der Waals surface area contributed by atoms with E-state index in [9.17, 15) is 13.6 Å².